The fraction of sp³-hybridized carbons (Fsp3) is 0.429. The average Bonchev–Trinajstić information content (AvgIpc) is 2.78. The van der Waals surface area contributed by atoms with Gasteiger partial charge in [-0.3, -0.25) is 0 Å². The van der Waals surface area contributed by atoms with Gasteiger partial charge in [0, 0.05) is 12.6 Å². The molecule has 0 amide bonds. The zero-order valence-corrected chi connectivity index (χ0v) is 11.4. The molecule has 2 aromatic rings. The van der Waals surface area contributed by atoms with Crippen molar-refractivity contribution in [1.29, 1.82) is 0 Å². The van der Waals surface area contributed by atoms with Crippen LogP contribution in [-0.4, -0.2) is 21.0 Å². The van der Waals surface area contributed by atoms with Gasteiger partial charge in [0.1, 0.15) is 0 Å². The number of benzene rings is 1. The first-order valence-electron chi connectivity index (χ1n) is 6.29. The molecule has 0 saturated carbocycles. The van der Waals surface area contributed by atoms with E-state index in [2.05, 4.69) is 55.5 Å². The van der Waals surface area contributed by atoms with Gasteiger partial charge in [-0.1, -0.05) is 31.2 Å². The molecule has 1 N–H and O–H groups in total. The molecular formula is C14H20N4. The van der Waals surface area contributed by atoms with Gasteiger partial charge in [0.15, 0.2) is 0 Å². The van der Waals surface area contributed by atoms with Gasteiger partial charge in [0.05, 0.1) is 17.6 Å². The summed E-state index contributed by atoms with van der Waals surface area (Å²) in [5.74, 6) is 0. The molecule has 0 aliphatic carbocycles. The molecule has 0 aliphatic heterocycles. The highest BCUT2D eigenvalue weighted by atomic mass is 15.4. The van der Waals surface area contributed by atoms with Gasteiger partial charge in [-0.25, -0.2) is 4.68 Å². The molecular weight excluding hydrogens is 224 g/mol. The smallest absolute Gasteiger partial charge is 0.0969 e. The van der Waals surface area contributed by atoms with E-state index >= 15 is 0 Å². The molecule has 0 fully saturated rings. The van der Waals surface area contributed by atoms with Crippen LogP contribution in [0.2, 0.25) is 0 Å². The highest BCUT2D eigenvalue weighted by Gasteiger charge is 2.06. The molecule has 0 radical (unpaired) electrons. The Labute approximate surface area is 108 Å². The summed E-state index contributed by atoms with van der Waals surface area (Å²) in [6.07, 6.45) is 1.98. The van der Waals surface area contributed by atoms with Crippen LogP contribution in [0.15, 0.2) is 24.4 Å². The Kier molecular flexibility index (Phi) is 3.77. The molecule has 18 heavy (non-hydrogen) atoms. The average molecular weight is 244 g/mol. The van der Waals surface area contributed by atoms with E-state index < -0.39 is 0 Å². The van der Waals surface area contributed by atoms with E-state index in [0.29, 0.717) is 6.04 Å². The number of hydrogen-bond acceptors (Lipinski definition) is 3. The molecule has 1 aromatic carbocycles. The summed E-state index contributed by atoms with van der Waals surface area (Å²) in [4.78, 5) is 0. The third-order valence-electron chi connectivity index (χ3n) is 3.06. The van der Waals surface area contributed by atoms with Gasteiger partial charge in [0.2, 0.25) is 0 Å². The van der Waals surface area contributed by atoms with E-state index in [0.717, 1.165) is 17.9 Å². The Morgan fingerprint density at radius 1 is 1.28 bits per heavy atom. The number of nitrogens with zero attached hydrogens (tertiary/aromatic N) is 3. The normalized spacial score (nSPS) is 11.2. The topological polar surface area (TPSA) is 42.7 Å². The van der Waals surface area contributed by atoms with Crippen molar-refractivity contribution in [2.75, 3.05) is 0 Å². The van der Waals surface area contributed by atoms with E-state index in [-0.39, 0.29) is 0 Å². The van der Waals surface area contributed by atoms with Crippen molar-refractivity contribution >= 4 is 0 Å². The van der Waals surface area contributed by atoms with Gasteiger partial charge >= 0.3 is 0 Å². The molecule has 0 bridgehead atoms. The van der Waals surface area contributed by atoms with Crippen LogP contribution in [0, 0.1) is 13.8 Å². The number of nitrogens with one attached hydrogen (secondary N) is 1. The molecule has 0 unspecified atom stereocenters. The van der Waals surface area contributed by atoms with Crippen molar-refractivity contribution in [2.45, 2.75) is 40.3 Å². The Morgan fingerprint density at radius 3 is 2.78 bits per heavy atom. The van der Waals surface area contributed by atoms with Crippen LogP contribution in [0.4, 0.5) is 0 Å². The number of aromatic nitrogens is 3. The summed E-state index contributed by atoms with van der Waals surface area (Å²) < 4.78 is 1.85. The second kappa shape index (κ2) is 5.31. The lowest BCUT2D eigenvalue weighted by atomic mass is 10.1. The van der Waals surface area contributed by atoms with E-state index in [9.17, 15) is 0 Å². The van der Waals surface area contributed by atoms with E-state index in [1.165, 1.54) is 11.1 Å². The lowest BCUT2D eigenvalue weighted by Crippen LogP contribution is -2.21. The zero-order chi connectivity index (χ0) is 13.1. The lowest BCUT2D eigenvalue weighted by molar-refractivity contribution is 0.580. The Hall–Kier alpha value is -1.68. The summed E-state index contributed by atoms with van der Waals surface area (Å²) >= 11 is 0. The van der Waals surface area contributed by atoms with Crippen molar-refractivity contribution in [3.05, 3.63) is 41.2 Å². The van der Waals surface area contributed by atoms with Crippen LogP contribution >= 0.6 is 0 Å². The summed E-state index contributed by atoms with van der Waals surface area (Å²) in [5.41, 5.74) is 4.57. The fourth-order valence-corrected chi connectivity index (χ4v) is 1.79. The van der Waals surface area contributed by atoms with Crippen LogP contribution in [0.25, 0.3) is 5.69 Å². The zero-order valence-electron chi connectivity index (χ0n) is 11.4. The Morgan fingerprint density at radius 2 is 2.06 bits per heavy atom. The minimum atomic E-state index is 0.454. The minimum absolute atomic E-state index is 0.454. The van der Waals surface area contributed by atoms with E-state index in [1.54, 1.807) is 0 Å². The molecule has 0 saturated heterocycles. The second-order valence-electron chi connectivity index (χ2n) is 4.91. The van der Waals surface area contributed by atoms with Crippen LogP contribution < -0.4 is 5.32 Å². The van der Waals surface area contributed by atoms with Crippen molar-refractivity contribution < 1.29 is 0 Å². The molecule has 0 spiro atoms. The monoisotopic (exact) mass is 244 g/mol. The van der Waals surface area contributed by atoms with E-state index in [1.807, 2.05) is 16.9 Å². The maximum absolute atomic E-state index is 4.19. The summed E-state index contributed by atoms with van der Waals surface area (Å²) in [6.45, 7) is 9.21. The largest absolute Gasteiger partial charge is 0.309 e. The molecule has 4 heteroatoms. The van der Waals surface area contributed by atoms with Crippen molar-refractivity contribution in [3.8, 4) is 5.69 Å². The van der Waals surface area contributed by atoms with Gasteiger partial charge in [-0.05, 0) is 31.0 Å². The van der Waals surface area contributed by atoms with Crippen LogP contribution in [0.3, 0.4) is 0 Å². The standard InChI is InChI=1S/C14H20N4/c1-10(2)15-8-13-9-18(17-16-13)14-7-5-6-11(3)12(14)4/h5-7,9-10,15H,8H2,1-4H3. The maximum Gasteiger partial charge on any atom is 0.0969 e. The summed E-state index contributed by atoms with van der Waals surface area (Å²) in [5, 5.41) is 11.7. The van der Waals surface area contributed by atoms with Crippen molar-refractivity contribution in [2.24, 2.45) is 0 Å². The molecule has 1 aromatic heterocycles. The fourth-order valence-electron chi connectivity index (χ4n) is 1.79. The van der Waals surface area contributed by atoms with Crippen molar-refractivity contribution in [3.63, 3.8) is 0 Å². The molecule has 96 valence electrons. The Balaban J connectivity index is 2.21. The van der Waals surface area contributed by atoms with Crippen LogP contribution in [0.1, 0.15) is 30.7 Å². The highest BCUT2D eigenvalue weighted by molar-refractivity contribution is 5.43. The first-order valence-corrected chi connectivity index (χ1v) is 6.29. The van der Waals surface area contributed by atoms with Crippen LogP contribution in [0.5, 0.6) is 0 Å². The van der Waals surface area contributed by atoms with Crippen LogP contribution in [-0.2, 0) is 6.54 Å². The van der Waals surface area contributed by atoms with Gasteiger partial charge in [0.25, 0.3) is 0 Å². The predicted molar refractivity (Wildman–Crippen MR) is 72.8 cm³/mol. The number of rotatable bonds is 4. The Bertz CT molecular complexity index is 528. The number of aryl methyl sites for hydroxylation is 1. The SMILES string of the molecule is Cc1cccc(-n2cc(CNC(C)C)nn2)c1C. The van der Waals surface area contributed by atoms with Crippen molar-refractivity contribution in [1.82, 2.24) is 20.3 Å². The first-order chi connectivity index (χ1) is 8.58. The van der Waals surface area contributed by atoms with E-state index in [4.69, 9.17) is 0 Å². The molecule has 0 aliphatic rings. The van der Waals surface area contributed by atoms with Gasteiger partial charge in [-0.15, -0.1) is 5.10 Å². The summed E-state index contributed by atoms with van der Waals surface area (Å²) in [6, 6.07) is 6.68. The molecule has 2 rings (SSSR count). The summed E-state index contributed by atoms with van der Waals surface area (Å²) in [7, 11) is 0. The predicted octanol–water partition coefficient (Wildman–Crippen LogP) is 2.38. The lowest BCUT2D eigenvalue weighted by Gasteiger charge is -2.07. The third kappa shape index (κ3) is 2.76. The number of hydrogen-bond donors (Lipinski definition) is 1. The molecule has 4 nitrogen and oxygen atoms in total. The quantitative estimate of drug-likeness (QED) is 0.898. The molecule has 1 heterocycles. The highest BCUT2D eigenvalue weighted by Crippen LogP contribution is 2.16. The third-order valence-corrected chi connectivity index (χ3v) is 3.06. The van der Waals surface area contributed by atoms with Gasteiger partial charge < -0.3 is 5.32 Å². The van der Waals surface area contributed by atoms with Gasteiger partial charge in [-0.2, -0.15) is 0 Å². The first kappa shape index (κ1) is 12.8. The second-order valence-corrected chi connectivity index (χ2v) is 4.91. The maximum atomic E-state index is 4.19. The minimum Gasteiger partial charge on any atom is -0.309 e. The molecule has 0 atom stereocenters.